The van der Waals surface area contributed by atoms with E-state index in [4.69, 9.17) is 0 Å². The van der Waals surface area contributed by atoms with Crippen LogP contribution in [0.15, 0.2) is 12.7 Å². The lowest BCUT2D eigenvalue weighted by molar-refractivity contribution is -0.178. The lowest BCUT2D eigenvalue weighted by Crippen LogP contribution is -2.59. The zero-order valence-corrected chi connectivity index (χ0v) is 15.1. The number of aliphatic hydroxyl groups is 1. The van der Waals surface area contributed by atoms with Crippen LogP contribution in [0.4, 0.5) is 0 Å². The molecule has 22 heavy (non-hydrogen) atoms. The quantitative estimate of drug-likeness (QED) is 0.760. The third-order valence-electron chi connectivity index (χ3n) is 7.08. The average molecular weight is 306 g/mol. The zero-order valence-electron chi connectivity index (χ0n) is 15.1. The standard InChI is InChI=1S/C20H34O2/c1-7-14(2)8-9-16-19(5)12-11-17(21)18(3,4)15(19)10-13-20(16,6)22/h7,14-16,22H,1,8-13H2,2-6H3/t14-,15+,16-,19+,20-/m1/s1. The molecule has 2 nitrogen and oxygen atoms in total. The molecule has 2 aliphatic carbocycles. The number of rotatable bonds is 4. The molecule has 5 atom stereocenters. The summed E-state index contributed by atoms with van der Waals surface area (Å²) >= 11 is 0. The largest absolute Gasteiger partial charge is 0.390 e. The van der Waals surface area contributed by atoms with Crippen molar-refractivity contribution in [1.82, 2.24) is 0 Å². The minimum atomic E-state index is -0.609. The molecule has 0 aromatic carbocycles. The van der Waals surface area contributed by atoms with Crippen molar-refractivity contribution < 1.29 is 9.90 Å². The van der Waals surface area contributed by atoms with Crippen molar-refractivity contribution >= 4 is 5.78 Å². The van der Waals surface area contributed by atoms with Gasteiger partial charge in [0.15, 0.2) is 0 Å². The van der Waals surface area contributed by atoms with Crippen LogP contribution in [0.2, 0.25) is 0 Å². The highest BCUT2D eigenvalue weighted by molar-refractivity contribution is 5.85. The molecule has 2 aliphatic rings. The number of hydrogen-bond acceptors (Lipinski definition) is 2. The van der Waals surface area contributed by atoms with Crippen LogP contribution >= 0.6 is 0 Å². The van der Waals surface area contributed by atoms with E-state index in [1.54, 1.807) is 0 Å². The molecule has 2 rings (SSSR count). The van der Waals surface area contributed by atoms with Gasteiger partial charge in [-0.1, -0.05) is 33.8 Å². The van der Waals surface area contributed by atoms with E-state index >= 15 is 0 Å². The summed E-state index contributed by atoms with van der Waals surface area (Å²) in [6.45, 7) is 14.7. The van der Waals surface area contributed by atoms with Gasteiger partial charge in [0, 0.05) is 11.8 Å². The number of carbonyl (C=O) groups excluding carboxylic acids is 1. The Morgan fingerprint density at radius 2 is 1.95 bits per heavy atom. The van der Waals surface area contributed by atoms with Gasteiger partial charge in [0.05, 0.1) is 5.60 Å². The molecule has 0 aromatic rings. The van der Waals surface area contributed by atoms with Gasteiger partial charge in [-0.25, -0.2) is 0 Å². The first kappa shape index (κ1) is 17.7. The van der Waals surface area contributed by atoms with Gasteiger partial charge in [0.1, 0.15) is 5.78 Å². The molecular weight excluding hydrogens is 272 g/mol. The lowest BCUT2D eigenvalue weighted by atomic mass is 9.45. The summed E-state index contributed by atoms with van der Waals surface area (Å²) in [7, 11) is 0. The molecule has 2 fully saturated rings. The molecule has 0 unspecified atom stereocenters. The van der Waals surface area contributed by atoms with E-state index in [-0.39, 0.29) is 16.7 Å². The highest BCUT2D eigenvalue weighted by Gasteiger charge is 2.59. The fraction of sp³-hybridized carbons (Fsp3) is 0.850. The highest BCUT2D eigenvalue weighted by atomic mass is 16.3. The average Bonchev–Trinajstić information content (AvgIpc) is 2.41. The van der Waals surface area contributed by atoms with E-state index in [1.807, 2.05) is 13.0 Å². The van der Waals surface area contributed by atoms with E-state index in [0.29, 0.717) is 24.0 Å². The van der Waals surface area contributed by atoms with E-state index in [2.05, 4.69) is 34.3 Å². The molecular formula is C20H34O2. The van der Waals surface area contributed by atoms with E-state index in [0.717, 1.165) is 32.1 Å². The van der Waals surface area contributed by atoms with Crippen LogP contribution in [0.5, 0.6) is 0 Å². The summed E-state index contributed by atoms with van der Waals surface area (Å²) in [6, 6.07) is 0. The van der Waals surface area contributed by atoms with Crippen LogP contribution < -0.4 is 0 Å². The Hall–Kier alpha value is -0.630. The summed E-state index contributed by atoms with van der Waals surface area (Å²) in [5, 5.41) is 11.0. The second-order valence-electron chi connectivity index (χ2n) is 8.94. The molecule has 0 aromatic heterocycles. The summed E-state index contributed by atoms with van der Waals surface area (Å²) in [5.74, 6) is 1.56. The molecule has 0 saturated heterocycles. The molecule has 0 bridgehead atoms. The molecule has 0 radical (unpaired) electrons. The molecule has 2 heteroatoms. The van der Waals surface area contributed by atoms with E-state index in [1.165, 1.54) is 0 Å². The predicted molar refractivity (Wildman–Crippen MR) is 91.6 cm³/mol. The number of carbonyl (C=O) groups is 1. The Kier molecular flexibility index (Phi) is 4.65. The van der Waals surface area contributed by atoms with E-state index < -0.39 is 5.60 Å². The molecule has 2 saturated carbocycles. The monoisotopic (exact) mass is 306 g/mol. The first-order valence-electron chi connectivity index (χ1n) is 8.94. The summed E-state index contributed by atoms with van der Waals surface area (Å²) < 4.78 is 0. The fourth-order valence-corrected chi connectivity index (χ4v) is 5.51. The normalized spacial score (nSPS) is 42.5. The third-order valence-corrected chi connectivity index (χ3v) is 7.08. The number of ketones is 1. The van der Waals surface area contributed by atoms with Crippen molar-refractivity contribution in [3.63, 3.8) is 0 Å². The lowest BCUT2D eigenvalue weighted by Gasteiger charge is -2.60. The van der Waals surface area contributed by atoms with Crippen LogP contribution in [0.25, 0.3) is 0 Å². The molecule has 0 spiro atoms. The van der Waals surface area contributed by atoms with Crippen molar-refractivity contribution in [3.05, 3.63) is 12.7 Å². The van der Waals surface area contributed by atoms with Gasteiger partial charge in [0.2, 0.25) is 0 Å². The Morgan fingerprint density at radius 1 is 1.32 bits per heavy atom. The van der Waals surface area contributed by atoms with Crippen molar-refractivity contribution in [2.45, 2.75) is 78.7 Å². The SMILES string of the molecule is C=C[C@@H](C)CC[C@@H]1[C@@]2(C)CCC(=O)C(C)(C)[C@@H]2CC[C@@]1(C)O. The predicted octanol–water partition coefficient (Wildman–Crippen LogP) is 4.76. The zero-order chi connectivity index (χ0) is 16.8. The van der Waals surface area contributed by atoms with Gasteiger partial charge >= 0.3 is 0 Å². The van der Waals surface area contributed by atoms with Gasteiger partial charge in [0.25, 0.3) is 0 Å². The number of allylic oxidation sites excluding steroid dienone is 1. The Balaban J connectivity index is 2.31. The Bertz CT molecular complexity index is 449. The molecule has 0 aliphatic heterocycles. The van der Waals surface area contributed by atoms with Gasteiger partial charge in [-0.2, -0.15) is 0 Å². The van der Waals surface area contributed by atoms with Crippen LogP contribution in [0.3, 0.4) is 0 Å². The first-order valence-corrected chi connectivity index (χ1v) is 8.94. The summed E-state index contributed by atoms with van der Waals surface area (Å²) in [5.41, 5.74) is -0.783. The van der Waals surface area contributed by atoms with Gasteiger partial charge < -0.3 is 5.11 Å². The second kappa shape index (κ2) is 5.78. The Labute approximate surface area is 136 Å². The number of fused-ring (bicyclic) bond motifs is 1. The smallest absolute Gasteiger partial charge is 0.138 e. The van der Waals surface area contributed by atoms with Crippen LogP contribution in [-0.2, 0) is 4.79 Å². The molecule has 1 N–H and O–H groups in total. The van der Waals surface area contributed by atoms with Gasteiger partial charge in [-0.3, -0.25) is 4.79 Å². The molecule has 0 amide bonds. The number of hydrogen-bond donors (Lipinski definition) is 1. The first-order chi connectivity index (χ1) is 10.1. The fourth-order valence-electron chi connectivity index (χ4n) is 5.51. The molecule has 0 heterocycles. The maximum atomic E-state index is 12.4. The van der Waals surface area contributed by atoms with E-state index in [9.17, 15) is 9.90 Å². The minimum absolute atomic E-state index is 0.0695. The number of Topliss-reactive ketones (excluding diaryl/α,β-unsaturated/α-hetero) is 1. The van der Waals surface area contributed by atoms with Crippen molar-refractivity contribution in [1.29, 1.82) is 0 Å². The second-order valence-corrected chi connectivity index (χ2v) is 8.94. The maximum Gasteiger partial charge on any atom is 0.138 e. The van der Waals surface area contributed by atoms with Crippen LogP contribution in [0.1, 0.15) is 73.1 Å². The molecule has 126 valence electrons. The van der Waals surface area contributed by atoms with Gasteiger partial charge in [-0.15, -0.1) is 6.58 Å². The highest BCUT2D eigenvalue weighted by Crippen LogP contribution is 2.62. The minimum Gasteiger partial charge on any atom is -0.390 e. The maximum absolute atomic E-state index is 12.4. The summed E-state index contributed by atoms with van der Waals surface area (Å²) in [4.78, 5) is 12.4. The third kappa shape index (κ3) is 2.79. The van der Waals surface area contributed by atoms with Crippen LogP contribution in [0, 0.1) is 28.6 Å². The van der Waals surface area contributed by atoms with Crippen LogP contribution in [-0.4, -0.2) is 16.5 Å². The van der Waals surface area contributed by atoms with Crippen molar-refractivity contribution in [2.75, 3.05) is 0 Å². The van der Waals surface area contributed by atoms with Gasteiger partial charge in [-0.05, 0) is 62.2 Å². The topological polar surface area (TPSA) is 37.3 Å². The Morgan fingerprint density at radius 3 is 2.55 bits per heavy atom. The van der Waals surface area contributed by atoms with Crippen molar-refractivity contribution in [3.8, 4) is 0 Å². The van der Waals surface area contributed by atoms with Crippen molar-refractivity contribution in [2.24, 2.45) is 28.6 Å². The summed E-state index contributed by atoms with van der Waals surface area (Å²) in [6.07, 6.45) is 7.49.